The van der Waals surface area contributed by atoms with Crippen molar-refractivity contribution >= 4 is 23.5 Å². The second-order valence-corrected chi connectivity index (χ2v) is 9.35. The van der Waals surface area contributed by atoms with Crippen molar-refractivity contribution < 1.29 is 14.3 Å². The molecule has 38 heavy (non-hydrogen) atoms. The van der Waals surface area contributed by atoms with Crippen molar-refractivity contribution in [1.82, 2.24) is 19.9 Å². The lowest BCUT2D eigenvalue weighted by Gasteiger charge is -2.36. The van der Waals surface area contributed by atoms with Crippen molar-refractivity contribution in [3.05, 3.63) is 65.6 Å². The SMILES string of the molecule is CCOC(=O)C1CCN(c2nc(-c3cccnc3)nc3c2CN(C(=O)Nc2cccc(C#N)c2)CC3)CC1. The Morgan fingerprint density at radius 1 is 1.16 bits per heavy atom. The van der Waals surface area contributed by atoms with Crippen molar-refractivity contribution in [1.29, 1.82) is 5.26 Å². The van der Waals surface area contributed by atoms with E-state index in [4.69, 9.17) is 20.0 Å². The third-order valence-electron chi connectivity index (χ3n) is 6.90. The number of pyridine rings is 1. The van der Waals surface area contributed by atoms with Crippen LogP contribution in [-0.4, -0.2) is 58.1 Å². The predicted molar refractivity (Wildman–Crippen MR) is 141 cm³/mol. The van der Waals surface area contributed by atoms with Gasteiger partial charge in [-0.1, -0.05) is 6.07 Å². The summed E-state index contributed by atoms with van der Waals surface area (Å²) in [6.45, 7) is 4.39. The number of nitrogens with zero attached hydrogens (tertiary/aromatic N) is 6. The van der Waals surface area contributed by atoms with E-state index in [1.54, 1.807) is 41.6 Å². The molecule has 0 saturated carbocycles. The minimum absolute atomic E-state index is 0.117. The molecule has 0 spiro atoms. The van der Waals surface area contributed by atoms with E-state index in [9.17, 15) is 9.59 Å². The molecule has 10 heteroatoms. The van der Waals surface area contributed by atoms with Gasteiger partial charge in [-0.05, 0) is 50.1 Å². The fourth-order valence-electron chi connectivity index (χ4n) is 4.91. The minimum Gasteiger partial charge on any atom is -0.466 e. The van der Waals surface area contributed by atoms with E-state index in [1.807, 2.05) is 19.1 Å². The predicted octanol–water partition coefficient (Wildman–Crippen LogP) is 3.78. The third kappa shape index (κ3) is 5.42. The first kappa shape index (κ1) is 25.1. The van der Waals surface area contributed by atoms with Crippen LogP contribution in [0.15, 0.2) is 48.8 Å². The first-order valence-corrected chi connectivity index (χ1v) is 12.8. The number of ether oxygens (including phenoxy) is 1. The topological polar surface area (TPSA) is 124 Å². The normalized spacial score (nSPS) is 15.4. The van der Waals surface area contributed by atoms with Crippen LogP contribution in [0.25, 0.3) is 11.4 Å². The van der Waals surface area contributed by atoms with E-state index in [1.165, 1.54) is 0 Å². The number of carbonyl (C=O) groups is 2. The van der Waals surface area contributed by atoms with Crippen LogP contribution in [-0.2, 0) is 22.5 Å². The number of hydrogen-bond acceptors (Lipinski definition) is 8. The first-order chi connectivity index (χ1) is 18.6. The highest BCUT2D eigenvalue weighted by Crippen LogP contribution is 2.32. The van der Waals surface area contributed by atoms with E-state index in [-0.39, 0.29) is 17.9 Å². The van der Waals surface area contributed by atoms with Crippen molar-refractivity contribution in [2.75, 3.05) is 36.5 Å². The van der Waals surface area contributed by atoms with Gasteiger partial charge in [0.25, 0.3) is 0 Å². The Bertz CT molecular complexity index is 1360. The van der Waals surface area contributed by atoms with Crippen molar-refractivity contribution in [2.45, 2.75) is 32.7 Å². The molecule has 1 fully saturated rings. The molecule has 0 radical (unpaired) electrons. The first-order valence-electron chi connectivity index (χ1n) is 12.8. The second kappa shape index (κ2) is 11.3. The second-order valence-electron chi connectivity index (χ2n) is 9.35. The molecule has 2 aliphatic rings. The number of piperidine rings is 1. The summed E-state index contributed by atoms with van der Waals surface area (Å²) in [5, 5.41) is 12.1. The molecule has 1 N–H and O–H groups in total. The maximum absolute atomic E-state index is 13.2. The number of nitriles is 1. The van der Waals surface area contributed by atoms with Crippen molar-refractivity contribution in [3.63, 3.8) is 0 Å². The zero-order chi connectivity index (χ0) is 26.5. The number of anilines is 2. The van der Waals surface area contributed by atoms with Crippen molar-refractivity contribution in [2.24, 2.45) is 5.92 Å². The van der Waals surface area contributed by atoms with Gasteiger partial charge in [-0.3, -0.25) is 9.78 Å². The average molecular weight is 512 g/mol. The molecule has 0 unspecified atom stereocenters. The molecule has 2 amide bonds. The molecule has 3 aromatic rings. The molecule has 0 bridgehead atoms. The maximum Gasteiger partial charge on any atom is 0.322 e. The van der Waals surface area contributed by atoms with E-state index in [2.05, 4.69) is 21.3 Å². The van der Waals surface area contributed by atoms with E-state index >= 15 is 0 Å². The molecule has 194 valence electrons. The van der Waals surface area contributed by atoms with E-state index in [0.717, 1.165) is 22.6 Å². The molecule has 4 heterocycles. The maximum atomic E-state index is 13.2. The Balaban J connectivity index is 1.41. The largest absolute Gasteiger partial charge is 0.466 e. The zero-order valence-electron chi connectivity index (χ0n) is 21.3. The quantitative estimate of drug-likeness (QED) is 0.513. The summed E-state index contributed by atoms with van der Waals surface area (Å²) in [5.74, 6) is 1.13. The van der Waals surface area contributed by atoms with Gasteiger partial charge in [0.2, 0.25) is 0 Å². The van der Waals surface area contributed by atoms with E-state index in [0.29, 0.717) is 69.1 Å². The minimum atomic E-state index is -0.242. The summed E-state index contributed by atoms with van der Waals surface area (Å²) in [6.07, 6.45) is 5.41. The number of carbonyl (C=O) groups excluding carboxylic acids is 2. The summed E-state index contributed by atoms with van der Waals surface area (Å²) in [7, 11) is 0. The van der Waals surface area contributed by atoms with Gasteiger partial charge in [0, 0.05) is 55.3 Å². The number of hydrogen-bond donors (Lipinski definition) is 1. The average Bonchev–Trinajstić information content (AvgIpc) is 2.97. The number of aromatic nitrogens is 3. The number of urea groups is 1. The molecule has 5 rings (SSSR count). The monoisotopic (exact) mass is 511 g/mol. The van der Waals surface area contributed by atoms with Crippen LogP contribution < -0.4 is 10.2 Å². The summed E-state index contributed by atoms with van der Waals surface area (Å²) < 4.78 is 5.23. The Morgan fingerprint density at radius 2 is 2.00 bits per heavy atom. The fraction of sp³-hybridized carbons (Fsp3) is 0.357. The van der Waals surface area contributed by atoms with Crippen LogP contribution in [0.3, 0.4) is 0 Å². The van der Waals surface area contributed by atoms with E-state index < -0.39 is 0 Å². The Hall–Kier alpha value is -4.52. The third-order valence-corrected chi connectivity index (χ3v) is 6.90. The van der Waals surface area contributed by atoms with Gasteiger partial charge in [0.15, 0.2) is 5.82 Å². The van der Waals surface area contributed by atoms with Crippen LogP contribution in [0.5, 0.6) is 0 Å². The lowest BCUT2D eigenvalue weighted by Crippen LogP contribution is -2.42. The fourth-order valence-corrected chi connectivity index (χ4v) is 4.91. The van der Waals surface area contributed by atoms with Gasteiger partial charge in [0.05, 0.1) is 36.4 Å². The van der Waals surface area contributed by atoms with Crippen LogP contribution >= 0.6 is 0 Å². The summed E-state index contributed by atoms with van der Waals surface area (Å²) in [6, 6.07) is 12.5. The molecule has 0 atom stereocenters. The number of benzene rings is 1. The zero-order valence-corrected chi connectivity index (χ0v) is 21.3. The Kier molecular flexibility index (Phi) is 7.45. The van der Waals surface area contributed by atoms with Crippen LogP contribution in [0.2, 0.25) is 0 Å². The lowest BCUT2D eigenvalue weighted by molar-refractivity contribution is -0.148. The number of esters is 1. The molecule has 1 saturated heterocycles. The highest BCUT2D eigenvalue weighted by atomic mass is 16.5. The molecule has 2 aliphatic heterocycles. The summed E-state index contributed by atoms with van der Waals surface area (Å²) in [4.78, 5) is 43.4. The van der Waals surface area contributed by atoms with Gasteiger partial charge < -0.3 is 19.9 Å². The summed E-state index contributed by atoms with van der Waals surface area (Å²) in [5.41, 5.74) is 3.72. The highest BCUT2D eigenvalue weighted by Gasteiger charge is 2.32. The molecule has 2 aromatic heterocycles. The summed E-state index contributed by atoms with van der Waals surface area (Å²) >= 11 is 0. The van der Waals surface area contributed by atoms with Gasteiger partial charge >= 0.3 is 12.0 Å². The smallest absolute Gasteiger partial charge is 0.322 e. The van der Waals surface area contributed by atoms with Crippen molar-refractivity contribution in [3.8, 4) is 17.5 Å². The molecule has 10 nitrogen and oxygen atoms in total. The Labute approximate surface area is 221 Å². The molecule has 0 aliphatic carbocycles. The molecular weight excluding hydrogens is 482 g/mol. The number of nitrogens with one attached hydrogen (secondary N) is 1. The standard InChI is InChI=1S/C28H29N7O3/c1-2-38-27(36)20-8-12-34(13-9-20)26-23-18-35(28(37)31-22-7-3-5-19(15-22)16-29)14-10-24(23)32-25(33-26)21-6-4-11-30-17-21/h3-7,11,15,17,20H,2,8-10,12-14,18H2,1H3,(H,31,37). The molecular formula is C28H29N7O3. The van der Waals surface area contributed by atoms with Crippen LogP contribution in [0.1, 0.15) is 36.6 Å². The van der Waals surface area contributed by atoms with Gasteiger partial charge in [-0.25, -0.2) is 14.8 Å². The van der Waals surface area contributed by atoms with Crippen LogP contribution in [0, 0.1) is 17.2 Å². The van der Waals surface area contributed by atoms with Crippen LogP contribution in [0.4, 0.5) is 16.3 Å². The number of rotatable bonds is 5. The Morgan fingerprint density at radius 3 is 2.74 bits per heavy atom. The van der Waals surface area contributed by atoms with Gasteiger partial charge in [-0.15, -0.1) is 0 Å². The highest BCUT2D eigenvalue weighted by molar-refractivity contribution is 5.89. The van der Waals surface area contributed by atoms with Gasteiger partial charge in [-0.2, -0.15) is 5.26 Å². The lowest BCUT2D eigenvalue weighted by atomic mass is 9.96. The number of fused-ring (bicyclic) bond motifs is 1. The number of amides is 2. The van der Waals surface area contributed by atoms with Gasteiger partial charge in [0.1, 0.15) is 5.82 Å². The molecule has 1 aromatic carbocycles.